The molecule has 178 valence electrons. The lowest BCUT2D eigenvalue weighted by molar-refractivity contribution is 0.0954. The van der Waals surface area contributed by atoms with Gasteiger partial charge in [0.2, 0.25) is 0 Å². The third-order valence-electron chi connectivity index (χ3n) is 4.66. The zero-order chi connectivity index (χ0) is 24.3. The van der Waals surface area contributed by atoms with Gasteiger partial charge in [-0.15, -0.1) is 0 Å². The summed E-state index contributed by atoms with van der Waals surface area (Å²) in [4.78, 5) is 12.5. The molecule has 0 bridgehead atoms. The minimum atomic E-state index is -0.389. The summed E-state index contributed by atoms with van der Waals surface area (Å²) in [6, 6.07) is 16.4. The first-order chi connectivity index (χ1) is 16.5. The van der Waals surface area contributed by atoms with E-state index in [0.29, 0.717) is 52.9 Å². The number of hydrogen-bond acceptors (Lipinski definition) is 6. The molecule has 0 aliphatic carbocycles. The first-order valence-corrected chi connectivity index (χ1v) is 10.8. The third kappa shape index (κ3) is 6.71. The molecule has 0 aromatic heterocycles. The Balaban J connectivity index is 1.66. The largest absolute Gasteiger partial charge is 0.493 e. The molecular weight excluding hydrogens is 439 g/mol. The average molecular weight is 467 g/mol. The van der Waals surface area contributed by atoms with E-state index < -0.39 is 0 Å². The van der Waals surface area contributed by atoms with Crippen LogP contribution in [-0.2, 0) is 6.61 Å². The minimum absolute atomic E-state index is 0.201. The van der Waals surface area contributed by atoms with E-state index >= 15 is 0 Å². The van der Waals surface area contributed by atoms with Gasteiger partial charge in [0, 0.05) is 5.56 Å². The van der Waals surface area contributed by atoms with Crippen molar-refractivity contribution in [3.8, 4) is 23.0 Å². The van der Waals surface area contributed by atoms with Gasteiger partial charge in [-0.25, -0.2) is 9.82 Å². The molecule has 0 saturated heterocycles. The molecule has 8 heteroatoms. The fourth-order valence-corrected chi connectivity index (χ4v) is 3.10. The number of hydrogen-bond donors (Lipinski definition) is 1. The minimum Gasteiger partial charge on any atom is -0.493 e. The second kappa shape index (κ2) is 12.2. The van der Waals surface area contributed by atoms with Gasteiger partial charge in [0.05, 0.1) is 26.5 Å². The van der Waals surface area contributed by atoms with Crippen molar-refractivity contribution in [1.29, 1.82) is 0 Å². The summed E-state index contributed by atoms with van der Waals surface area (Å²) in [7, 11) is 1.54. The highest BCUT2D eigenvalue weighted by Crippen LogP contribution is 2.29. The summed E-state index contributed by atoms with van der Waals surface area (Å²) >= 11 is 0. The molecule has 0 radical (unpaired) electrons. The molecule has 7 nitrogen and oxygen atoms in total. The van der Waals surface area contributed by atoms with Crippen LogP contribution in [0, 0.1) is 5.82 Å². The van der Waals surface area contributed by atoms with Gasteiger partial charge in [-0.2, -0.15) is 5.10 Å². The van der Waals surface area contributed by atoms with Crippen LogP contribution in [-0.4, -0.2) is 32.4 Å². The monoisotopic (exact) mass is 466 g/mol. The number of halogens is 1. The van der Waals surface area contributed by atoms with E-state index in [2.05, 4.69) is 10.5 Å². The molecule has 0 fully saturated rings. The Hall–Kier alpha value is -4.07. The molecule has 0 unspecified atom stereocenters. The van der Waals surface area contributed by atoms with Crippen molar-refractivity contribution in [2.75, 3.05) is 20.3 Å². The van der Waals surface area contributed by atoms with Gasteiger partial charge < -0.3 is 18.9 Å². The predicted octanol–water partition coefficient (Wildman–Crippen LogP) is 4.97. The highest BCUT2D eigenvalue weighted by Gasteiger charge is 2.11. The van der Waals surface area contributed by atoms with Crippen LogP contribution >= 0.6 is 0 Å². The molecule has 1 amide bonds. The first kappa shape index (κ1) is 24.6. The molecule has 1 N–H and O–H groups in total. The van der Waals surface area contributed by atoms with Gasteiger partial charge in [0.25, 0.3) is 5.91 Å². The van der Waals surface area contributed by atoms with Gasteiger partial charge in [-0.1, -0.05) is 12.1 Å². The van der Waals surface area contributed by atoms with Crippen molar-refractivity contribution in [1.82, 2.24) is 5.43 Å². The number of nitrogens with one attached hydrogen (secondary N) is 1. The Bertz CT molecular complexity index is 1150. The predicted molar refractivity (Wildman–Crippen MR) is 128 cm³/mol. The van der Waals surface area contributed by atoms with E-state index in [9.17, 15) is 9.18 Å². The second-order valence-corrected chi connectivity index (χ2v) is 7.06. The van der Waals surface area contributed by atoms with Gasteiger partial charge in [-0.05, 0) is 73.5 Å². The van der Waals surface area contributed by atoms with E-state index in [-0.39, 0.29) is 18.3 Å². The van der Waals surface area contributed by atoms with Gasteiger partial charge in [0.1, 0.15) is 12.4 Å². The quantitative estimate of drug-likeness (QED) is 0.319. The molecule has 0 atom stereocenters. The summed E-state index contributed by atoms with van der Waals surface area (Å²) in [6.07, 6.45) is 1.50. The topological polar surface area (TPSA) is 78.4 Å². The lowest BCUT2D eigenvalue weighted by Gasteiger charge is -2.12. The molecule has 0 spiro atoms. The number of benzene rings is 3. The second-order valence-electron chi connectivity index (χ2n) is 7.06. The Morgan fingerprint density at radius 2 is 1.65 bits per heavy atom. The van der Waals surface area contributed by atoms with Crippen LogP contribution < -0.4 is 24.4 Å². The average Bonchev–Trinajstić information content (AvgIpc) is 2.84. The molecule has 0 aliphatic rings. The van der Waals surface area contributed by atoms with E-state index in [1.165, 1.54) is 25.5 Å². The summed E-state index contributed by atoms with van der Waals surface area (Å²) < 4.78 is 35.6. The van der Waals surface area contributed by atoms with Crippen LogP contribution in [0.2, 0.25) is 0 Å². The fraction of sp³-hybridized carbons (Fsp3) is 0.231. The molecule has 3 aromatic carbocycles. The van der Waals surface area contributed by atoms with Crippen molar-refractivity contribution in [3.63, 3.8) is 0 Å². The Labute approximate surface area is 198 Å². The summed E-state index contributed by atoms with van der Waals surface area (Å²) in [6.45, 7) is 4.80. The Morgan fingerprint density at radius 3 is 2.35 bits per heavy atom. The highest BCUT2D eigenvalue weighted by molar-refractivity contribution is 5.95. The van der Waals surface area contributed by atoms with Crippen LogP contribution in [0.25, 0.3) is 0 Å². The molecule has 0 heterocycles. The molecule has 0 saturated carbocycles. The van der Waals surface area contributed by atoms with Crippen LogP contribution in [0.3, 0.4) is 0 Å². The lowest BCUT2D eigenvalue weighted by atomic mass is 10.2. The van der Waals surface area contributed by atoms with Crippen LogP contribution in [0.1, 0.15) is 35.3 Å². The number of carbonyl (C=O) groups is 1. The summed E-state index contributed by atoms with van der Waals surface area (Å²) in [5.74, 6) is 1.37. The smallest absolute Gasteiger partial charge is 0.271 e. The van der Waals surface area contributed by atoms with Crippen molar-refractivity contribution < 1.29 is 28.1 Å². The van der Waals surface area contributed by atoms with E-state index in [1.807, 2.05) is 13.8 Å². The Kier molecular flexibility index (Phi) is 8.85. The number of hydrazone groups is 1. The molecule has 34 heavy (non-hydrogen) atoms. The number of carbonyl (C=O) groups excluding carboxylic acids is 1. The maximum Gasteiger partial charge on any atom is 0.271 e. The van der Waals surface area contributed by atoms with Crippen molar-refractivity contribution in [2.45, 2.75) is 20.5 Å². The maximum atomic E-state index is 13.4. The van der Waals surface area contributed by atoms with Crippen LogP contribution in [0.4, 0.5) is 4.39 Å². The molecule has 0 aliphatic heterocycles. The highest BCUT2D eigenvalue weighted by atomic mass is 19.1. The maximum absolute atomic E-state index is 13.4. The first-order valence-electron chi connectivity index (χ1n) is 10.8. The SMILES string of the molecule is CCOc1cc(C(=O)N/N=C/c2ccc(OCc3cccc(F)c3)c(OCC)c2)ccc1OC. The van der Waals surface area contributed by atoms with E-state index in [4.69, 9.17) is 18.9 Å². The normalized spacial score (nSPS) is 10.7. The van der Waals surface area contributed by atoms with Gasteiger partial charge >= 0.3 is 0 Å². The number of amides is 1. The standard InChI is InChI=1S/C26H27FN2O5/c1-4-32-24-14-18(9-11-23(24)34-17-19-7-6-8-21(27)13-19)16-28-29-26(30)20-10-12-22(31-3)25(15-20)33-5-2/h6-16H,4-5,17H2,1-3H3,(H,29,30)/b28-16+. The van der Waals surface area contributed by atoms with E-state index in [0.717, 1.165) is 0 Å². The van der Waals surface area contributed by atoms with Crippen molar-refractivity contribution >= 4 is 12.1 Å². The molecule has 3 aromatic rings. The summed E-state index contributed by atoms with van der Waals surface area (Å²) in [5, 5.41) is 4.04. The summed E-state index contributed by atoms with van der Waals surface area (Å²) in [5.41, 5.74) is 4.30. The number of rotatable bonds is 11. The third-order valence-corrected chi connectivity index (χ3v) is 4.66. The van der Waals surface area contributed by atoms with Crippen LogP contribution in [0.5, 0.6) is 23.0 Å². The number of ether oxygens (including phenoxy) is 4. The van der Waals surface area contributed by atoms with E-state index in [1.54, 1.807) is 48.5 Å². The zero-order valence-corrected chi connectivity index (χ0v) is 19.3. The van der Waals surface area contributed by atoms with Gasteiger partial charge in [0.15, 0.2) is 23.0 Å². The number of methoxy groups -OCH3 is 1. The molecule has 3 rings (SSSR count). The van der Waals surface area contributed by atoms with Crippen molar-refractivity contribution in [2.24, 2.45) is 5.10 Å². The fourth-order valence-electron chi connectivity index (χ4n) is 3.10. The lowest BCUT2D eigenvalue weighted by Crippen LogP contribution is -2.17. The van der Waals surface area contributed by atoms with Crippen molar-refractivity contribution in [3.05, 3.63) is 83.2 Å². The van der Waals surface area contributed by atoms with Crippen LogP contribution in [0.15, 0.2) is 65.8 Å². The number of nitrogens with zero attached hydrogens (tertiary/aromatic N) is 1. The Morgan fingerprint density at radius 1 is 0.912 bits per heavy atom. The zero-order valence-electron chi connectivity index (χ0n) is 19.3. The molecular formula is C26H27FN2O5. The van der Waals surface area contributed by atoms with Gasteiger partial charge in [-0.3, -0.25) is 4.79 Å².